The highest BCUT2D eigenvalue weighted by atomic mass is 16.5. The number of ether oxygens (including phenoxy) is 1. The molecule has 2 heterocycles. The molecule has 2 N–H and O–H groups in total. The van der Waals surface area contributed by atoms with Crippen LogP contribution in [0.25, 0.3) is 0 Å². The molecule has 0 amide bonds. The van der Waals surface area contributed by atoms with E-state index in [2.05, 4.69) is 25.6 Å². The zero-order chi connectivity index (χ0) is 17.5. The van der Waals surface area contributed by atoms with Gasteiger partial charge in [-0.15, -0.1) is 0 Å². The van der Waals surface area contributed by atoms with Crippen LogP contribution in [0.5, 0.6) is 5.75 Å². The third kappa shape index (κ3) is 5.17. The first-order valence-corrected chi connectivity index (χ1v) is 8.17. The first-order valence-electron chi connectivity index (χ1n) is 8.17. The number of aromatic nitrogens is 3. The van der Waals surface area contributed by atoms with Crippen molar-refractivity contribution in [3.05, 3.63) is 66.7 Å². The van der Waals surface area contributed by atoms with Crippen LogP contribution in [0.2, 0.25) is 0 Å². The van der Waals surface area contributed by atoms with Gasteiger partial charge in [-0.25, -0.2) is 9.97 Å². The number of rotatable bonds is 7. The fraction of sp³-hybridized carbons (Fsp3) is 0.211. The Balaban J connectivity index is 1.61. The molecule has 0 fully saturated rings. The number of nitrogens with zero attached hydrogens (tertiary/aromatic N) is 3. The SMILES string of the molecule is CC(C)Oc1ccc(Nc2cc(NCc3cccnc3)ncn2)cc1. The van der Waals surface area contributed by atoms with Crippen LogP contribution >= 0.6 is 0 Å². The van der Waals surface area contributed by atoms with Crippen molar-refractivity contribution in [2.24, 2.45) is 0 Å². The maximum absolute atomic E-state index is 5.64. The molecule has 3 rings (SSSR count). The Morgan fingerprint density at radius 1 is 1.04 bits per heavy atom. The summed E-state index contributed by atoms with van der Waals surface area (Å²) >= 11 is 0. The monoisotopic (exact) mass is 335 g/mol. The molecule has 0 spiro atoms. The summed E-state index contributed by atoms with van der Waals surface area (Å²) in [5, 5.41) is 6.53. The Bertz CT molecular complexity index is 790. The average molecular weight is 335 g/mol. The third-order valence-corrected chi connectivity index (χ3v) is 3.36. The number of hydrogen-bond donors (Lipinski definition) is 2. The minimum Gasteiger partial charge on any atom is -0.491 e. The predicted octanol–water partition coefficient (Wildman–Crippen LogP) is 4.01. The Morgan fingerprint density at radius 2 is 1.84 bits per heavy atom. The second-order valence-electron chi connectivity index (χ2n) is 5.82. The van der Waals surface area contributed by atoms with Crippen molar-refractivity contribution in [2.45, 2.75) is 26.5 Å². The van der Waals surface area contributed by atoms with Crippen LogP contribution in [-0.4, -0.2) is 21.1 Å². The van der Waals surface area contributed by atoms with E-state index in [1.54, 1.807) is 6.20 Å². The lowest BCUT2D eigenvalue weighted by atomic mass is 10.3. The van der Waals surface area contributed by atoms with Crippen LogP contribution in [0.3, 0.4) is 0 Å². The summed E-state index contributed by atoms with van der Waals surface area (Å²) in [6.45, 7) is 4.67. The summed E-state index contributed by atoms with van der Waals surface area (Å²) in [6.07, 6.45) is 5.28. The van der Waals surface area contributed by atoms with Crippen molar-refractivity contribution in [2.75, 3.05) is 10.6 Å². The van der Waals surface area contributed by atoms with Gasteiger partial charge in [-0.1, -0.05) is 6.07 Å². The molecule has 3 aromatic rings. The van der Waals surface area contributed by atoms with E-state index in [0.717, 1.165) is 28.6 Å². The molecular formula is C19H21N5O. The molecule has 0 atom stereocenters. The van der Waals surface area contributed by atoms with Gasteiger partial charge in [-0.2, -0.15) is 0 Å². The van der Waals surface area contributed by atoms with Gasteiger partial charge in [-0.3, -0.25) is 4.98 Å². The van der Waals surface area contributed by atoms with Crippen LogP contribution in [0.4, 0.5) is 17.3 Å². The second-order valence-corrected chi connectivity index (χ2v) is 5.82. The normalized spacial score (nSPS) is 10.5. The molecular weight excluding hydrogens is 314 g/mol. The standard InChI is InChI=1S/C19H21N5O/c1-14(2)25-17-7-5-16(6-8-17)24-19-10-18(22-13-23-19)21-12-15-4-3-9-20-11-15/h3-11,13-14H,12H2,1-2H3,(H2,21,22,23,24). The van der Waals surface area contributed by atoms with Gasteiger partial charge in [0.2, 0.25) is 0 Å². The Labute approximate surface area is 147 Å². The summed E-state index contributed by atoms with van der Waals surface area (Å²) in [5.41, 5.74) is 2.03. The summed E-state index contributed by atoms with van der Waals surface area (Å²) < 4.78 is 5.64. The maximum atomic E-state index is 5.64. The van der Waals surface area contributed by atoms with Crippen molar-refractivity contribution >= 4 is 17.3 Å². The number of anilines is 3. The zero-order valence-electron chi connectivity index (χ0n) is 14.3. The fourth-order valence-corrected chi connectivity index (χ4v) is 2.25. The number of pyridine rings is 1. The minimum absolute atomic E-state index is 0.161. The molecule has 0 bridgehead atoms. The van der Waals surface area contributed by atoms with Gasteiger partial charge < -0.3 is 15.4 Å². The fourth-order valence-electron chi connectivity index (χ4n) is 2.25. The van der Waals surface area contributed by atoms with Crippen molar-refractivity contribution in [3.8, 4) is 5.75 Å². The Hall–Kier alpha value is -3.15. The number of benzene rings is 1. The predicted molar refractivity (Wildman–Crippen MR) is 99.1 cm³/mol. The molecule has 0 aliphatic heterocycles. The van der Waals surface area contributed by atoms with E-state index in [1.807, 2.05) is 62.5 Å². The minimum atomic E-state index is 0.161. The van der Waals surface area contributed by atoms with Gasteiger partial charge in [0, 0.05) is 30.7 Å². The molecule has 0 unspecified atom stereocenters. The summed E-state index contributed by atoms with van der Waals surface area (Å²) in [5.74, 6) is 2.32. The highest BCUT2D eigenvalue weighted by Crippen LogP contribution is 2.20. The van der Waals surface area contributed by atoms with Crippen LogP contribution in [0.15, 0.2) is 61.2 Å². The van der Waals surface area contributed by atoms with Gasteiger partial charge in [0.1, 0.15) is 23.7 Å². The molecule has 128 valence electrons. The third-order valence-electron chi connectivity index (χ3n) is 3.36. The molecule has 0 aliphatic rings. The van der Waals surface area contributed by atoms with Gasteiger partial charge in [-0.05, 0) is 49.7 Å². The van der Waals surface area contributed by atoms with Crippen molar-refractivity contribution in [3.63, 3.8) is 0 Å². The number of hydrogen-bond acceptors (Lipinski definition) is 6. The Morgan fingerprint density at radius 3 is 2.56 bits per heavy atom. The molecule has 2 aromatic heterocycles. The first kappa shape index (κ1) is 16.7. The summed E-state index contributed by atoms with van der Waals surface area (Å²) in [7, 11) is 0. The van der Waals surface area contributed by atoms with Crippen LogP contribution in [0.1, 0.15) is 19.4 Å². The summed E-state index contributed by atoms with van der Waals surface area (Å²) in [6, 6.07) is 13.6. The average Bonchev–Trinajstić information content (AvgIpc) is 2.62. The van der Waals surface area contributed by atoms with Gasteiger partial charge in [0.05, 0.1) is 6.10 Å². The lowest BCUT2D eigenvalue weighted by molar-refractivity contribution is 0.242. The van der Waals surface area contributed by atoms with E-state index < -0.39 is 0 Å². The highest BCUT2D eigenvalue weighted by Gasteiger charge is 2.02. The molecule has 6 nitrogen and oxygen atoms in total. The second kappa shape index (κ2) is 8.10. The maximum Gasteiger partial charge on any atom is 0.135 e. The van der Waals surface area contributed by atoms with E-state index in [1.165, 1.54) is 6.33 Å². The summed E-state index contributed by atoms with van der Waals surface area (Å²) in [4.78, 5) is 12.6. The van der Waals surface area contributed by atoms with Crippen molar-refractivity contribution < 1.29 is 4.74 Å². The lowest BCUT2D eigenvalue weighted by Gasteiger charge is -2.11. The van der Waals surface area contributed by atoms with Gasteiger partial charge >= 0.3 is 0 Å². The lowest BCUT2D eigenvalue weighted by Crippen LogP contribution is -2.05. The topological polar surface area (TPSA) is 72.0 Å². The molecule has 0 saturated carbocycles. The van der Waals surface area contributed by atoms with Crippen molar-refractivity contribution in [1.82, 2.24) is 15.0 Å². The molecule has 0 saturated heterocycles. The van der Waals surface area contributed by atoms with E-state index in [0.29, 0.717) is 6.54 Å². The quantitative estimate of drug-likeness (QED) is 0.679. The van der Waals surface area contributed by atoms with E-state index in [9.17, 15) is 0 Å². The largest absolute Gasteiger partial charge is 0.491 e. The molecule has 25 heavy (non-hydrogen) atoms. The van der Waals surface area contributed by atoms with Gasteiger partial charge in [0.15, 0.2) is 0 Å². The molecule has 0 radical (unpaired) electrons. The van der Waals surface area contributed by atoms with E-state index in [-0.39, 0.29) is 6.10 Å². The smallest absolute Gasteiger partial charge is 0.135 e. The molecule has 0 aliphatic carbocycles. The van der Waals surface area contributed by atoms with Crippen LogP contribution in [-0.2, 0) is 6.54 Å². The Kier molecular flexibility index (Phi) is 5.41. The van der Waals surface area contributed by atoms with E-state index in [4.69, 9.17) is 4.74 Å². The first-order chi connectivity index (χ1) is 12.2. The molecule has 6 heteroatoms. The highest BCUT2D eigenvalue weighted by molar-refractivity contribution is 5.59. The van der Waals surface area contributed by atoms with Crippen LogP contribution in [0, 0.1) is 0 Å². The zero-order valence-corrected chi connectivity index (χ0v) is 14.3. The number of nitrogens with one attached hydrogen (secondary N) is 2. The van der Waals surface area contributed by atoms with Crippen molar-refractivity contribution in [1.29, 1.82) is 0 Å². The molecule has 1 aromatic carbocycles. The van der Waals surface area contributed by atoms with E-state index >= 15 is 0 Å². The van der Waals surface area contributed by atoms with Gasteiger partial charge in [0.25, 0.3) is 0 Å². The van der Waals surface area contributed by atoms with Crippen LogP contribution < -0.4 is 15.4 Å².